The smallest absolute Gasteiger partial charge is 0.206 e. The van der Waals surface area contributed by atoms with Crippen LogP contribution in [0.25, 0.3) is 0 Å². The van der Waals surface area contributed by atoms with Gasteiger partial charge in [0.15, 0.2) is 0 Å². The van der Waals surface area contributed by atoms with Crippen molar-refractivity contribution in [1.82, 2.24) is 4.31 Å². The Hall–Kier alpha value is 0.0900. The van der Waals surface area contributed by atoms with Gasteiger partial charge in [-0.2, -0.15) is 4.31 Å². The second-order valence-corrected chi connectivity index (χ2v) is 8.86. The molecule has 1 aromatic heterocycles. The van der Waals surface area contributed by atoms with Gasteiger partial charge < -0.3 is 0 Å². The van der Waals surface area contributed by atoms with Crippen molar-refractivity contribution in [2.75, 3.05) is 13.6 Å². The van der Waals surface area contributed by atoms with Crippen LogP contribution in [-0.2, 0) is 10.0 Å². The summed E-state index contributed by atoms with van der Waals surface area (Å²) >= 11 is 4.57. The molecule has 0 atom stereocenters. The molecule has 0 unspecified atom stereocenters. The first-order valence-corrected chi connectivity index (χ1v) is 9.32. The molecule has 1 saturated carbocycles. The SMILES string of the molecule is CN(CC1CCCCC1)S(=O)(=O)c1sccc1Br. The summed E-state index contributed by atoms with van der Waals surface area (Å²) in [6.07, 6.45) is 6.09. The van der Waals surface area contributed by atoms with Crippen molar-refractivity contribution >= 4 is 37.3 Å². The molecule has 2 rings (SSSR count). The van der Waals surface area contributed by atoms with Crippen molar-refractivity contribution in [3.05, 3.63) is 15.9 Å². The summed E-state index contributed by atoms with van der Waals surface area (Å²) in [6, 6.07) is 1.78. The van der Waals surface area contributed by atoms with Gasteiger partial charge in [-0.05, 0) is 46.1 Å². The molecule has 0 aliphatic heterocycles. The predicted molar refractivity (Wildman–Crippen MR) is 78.4 cm³/mol. The molecule has 0 bridgehead atoms. The number of thiophene rings is 1. The van der Waals surface area contributed by atoms with Crippen LogP contribution in [0.4, 0.5) is 0 Å². The fourth-order valence-corrected chi connectivity index (χ4v) is 6.19. The maximum Gasteiger partial charge on any atom is 0.253 e. The third-order valence-corrected chi connectivity index (χ3v) is 7.94. The highest BCUT2D eigenvalue weighted by Crippen LogP contribution is 2.31. The van der Waals surface area contributed by atoms with Crippen LogP contribution in [0.3, 0.4) is 0 Å². The Morgan fingerprint density at radius 3 is 2.61 bits per heavy atom. The lowest BCUT2D eigenvalue weighted by Crippen LogP contribution is -2.32. The lowest BCUT2D eigenvalue weighted by molar-refractivity contribution is 0.300. The quantitative estimate of drug-likeness (QED) is 0.828. The molecule has 102 valence electrons. The third kappa shape index (κ3) is 3.15. The maximum absolute atomic E-state index is 12.4. The first-order valence-electron chi connectivity index (χ1n) is 6.21. The molecule has 3 nitrogen and oxygen atoms in total. The van der Waals surface area contributed by atoms with E-state index < -0.39 is 10.0 Å². The Bertz CT molecular complexity index is 492. The highest BCUT2D eigenvalue weighted by atomic mass is 79.9. The minimum absolute atomic E-state index is 0.417. The monoisotopic (exact) mass is 351 g/mol. The number of sulfonamides is 1. The van der Waals surface area contributed by atoms with E-state index >= 15 is 0 Å². The van der Waals surface area contributed by atoms with Crippen molar-refractivity contribution in [2.24, 2.45) is 5.92 Å². The summed E-state index contributed by atoms with van der Waals surface area (Å²) in [6.45, 7) is 0.646. The zero-order valence-corrected chi connectivity index (χ0v) is 13.7. The van der Waals surface area contributed by atoms with Crippen LogP contribution >= 0.6 is 27.3 Å². The zero-order valence-electron chi connectivity index (χ0n) is 10.4. The molecule has 1 aromatic rings. The standard InChI is InChI=1S/C12H18BrNO2S2/c1-14(9-10-5-3-2-4-6-10)18(15,16)12-11(13)7-8-17-12/h7-8,10H,2-6,9H2,1H3. The Labute approximate surface area is 121 Å². The van der Waals surface area contributed by atoms with E-state index in [4.69, 9.17) is 0 Å². The van der Waals surface area contributed by atoms with E-state index in [9.17, 15) is 8.42 Å². The van der Waals surface area contributed by atoms with Gasteiger partial charge in [0.2, 0.25) is 0 Å². The van der Waals surface area contributed by atoms with Crippen molar-refractivity contribution in [3.8, 4) is 0 Å². The van der Waals surface area contributed by atoms with Crippen LogP contribution in [0.1, 0.15) is 32.1 Å². The van der Waals surface area contributed by atoms with Gasteiger partial charge in [-0.1, -0.05) is 19.3 Å². The fourth-order valence-electron chi connectivity index (χ4n) is 2.44. The van der Waals surface area contributed by atoms with Crippen LogP contribution in [0.15, 0.2) is 20.1 Å². The van der Waals surface area contributed by atoms with Crippen LogP contribution in [0.2, 0.25) is 0 Å². The number of halogens is 1. The van der Waals surface area contributed by atoms with E-state index in [1.165, 1.54) is 34.9 Å². The van der Waals surface area contributed by atoms with E-state index in [0.29, 0.717) is 21.1 Å². The molecule has 0 aromatic carbocycles. The minimum atomic E-state index is -3.32. The Balaban J connectivity index is 2.08. The fraction of sp³-hybridized carbons (Fsp3) is 0.667. The topological polar surface area (TPSA) is 37.4 Å². The summed E-state index contributed by atoms with van der Waals surface area (Å²) in [5.41, 5.74) is 0. The van der Waals surface area contributed by atoms with Gasteiger partial charge in [0.25, 0.3) is 10.0 Å². The van der Waals surface area contributed by atoms with Crippen LogP contribution in [0, 0.1) is 5.92 Å². The van der Waals surface area contributed by atoms with Crippen molar-refractivity contribution in [1.29, 1.82) is 0 Å². The largest absolute Gasteiger partial charge is 0.253 e. The summed E-state index contributed by atoms with van der Waals surface area (Å²) < 4.78 is 27.4. The molecular formula is C12H18BrNO2S2. The summed E-state index contributed by atoms with van der Waals surface area (Å²) in [5.74, 6) is 0.525. The van der Waals surface area contributed by atoms with E-state index in [1.54, 1.807) is 18.5 Å². The maximum atomic E-state index is 12.4. The van der Waals surface area contributed by atoms with Gasteiger partial charge in [0.1, 0.15) is 4.21 Å². The first-order chi connectivity index (χ1) is 8.51. The first kappa shape index (κ1) is 14.5. The summed E-state index contributed by atoms with van der Waals surface area (Å²) in [5, 5.41) is 1.80. The molecule has 6 heteroatoms. The highest BCUT2D eigenvalue weighted by molar-refractivity contribution is 9.10. The van der Waals surface area contributed by atoms with E-state index in [0.717, 1.165) is 12.8 Å². The Morgan fingerprint density at radius 2 is 2.06 bits per heavy atom. The van der Waals surface area contributed by atoms with Crippen molar-refractivity contribution in [2.45, 2.75) is 36.3 Å². The molecule has 18 heavy (non-hydrogen) atoms. The van der Waals surface area contributed by atoms with E-state index in [2.05, 4.69) is 15.9 Å². The molecular weight excluding hydrogens is 334 g/mol. The predicted octanol–water partition coefficient (Wildman–Crippen LogP) is 3.71. The Kier molecular flexibility index (Phi) is 4.86. The number of rotatable bonds is 4. The highest BCUT2D eigenvalue weighted by Gasteiger charge is 2.27. The van der Waals surface area contributed by atoms with Crippen LogP contribution < -0.4 is 0 Å². The average molecular weight is 352 g/mol. The van der Waals surface area contributed by atoms with E-state index in [-0.39, 0.29) is 0 Å². The molecule has 0 radical (unpaired) electrons. The average Bonchev–Trinajstić information content (AvgIpc) is 2.77. The molecule has 1 aliphatic rings. The van der Waals surface area contributed by atoms with Crippen LogP contribution in [-0.4, -0.2) is 26.3 Å². The second-order valence-electron chi connectivity index (χ2n) is 4.85. The number of hydrogen-bond acceptors (Lipinski definition) is 3. The van der Waals surface area contributed by atoms with E-state index in [1.807, 2.05) is 0 Å². The molecule has 0 spiro atoms. The molecule has 1 fully saturated rings. The van der Waals surface area contributed by atoms with Gasteiger partial charge in [-0.15, -0.1) is 11.3 Å². The molecule has 0 amide bonds. The minimum Gasteiger partial charge on any atom is -0.206 e. The molecule has 1 heterocycles. The van der Waals surface area contributed by atoms with Gasteiger partial charge in [0.05, 0.1) is 0 Å². The zero-order chi connectivity index (χ0) is 13.2. The van der Waals surface area contributed by atoms with Crippen molar-refractivity contribution < 1.29 is 8.42 Å². The third-order valence-electron chi connectivity index (χ3n) is 3.47. The summed E-state index contributed by atoms with van der Waals surface area (Å²) in [7, 11) is -1.63. The van der Waals surface area contributed by atoms with Crippen molar-refractivity contribution in [3.63, 3.8) is 0 Å². The second kappa shape index (κ2) is 6.03. The van der Waals surface area contributed by atoms with Gasteiger partial charge in [0, 0.05) is 18.1 Å². The van der Waals surface area contributed by atoms with Crippen LogP contribution in [0.5, 0.6) is 0 Å². The summed E-state index contributed by atoms with van der Waals surface area (Å²) in [4.78, 5) is 0. The number of hydrogen-bond donors (Lipinski definition) is 0. The lowest BCUT2D eigenvalue weighted by Gasteiger charge is -2.26. The Morgan fingerprint density at radius 1 is 1.39 bits per heavy atom. The lowest BCUT2D eigenvalue weighted by atomic mass is 9.89. The van der Waals surface area contributed by atoms with Gasteiger partial charge in [-0.25, -0.2) is 8.42 Å². The normalized spacial score (nSPS) is 18.4. The number of nitrogens with zero attached hydrogens (tertiary/aromatic N) is 1. The molecule has 0 saturated heterocycles. The van der Waals surface area contributed by atoms with Gasteiger partial charge >= 0.3 is 0 Å². The molecule has 0 N–H and O–H groups in total. The van der Waals surface area contributed by atoms with Gasteiger partial charge in [-0.3, -0.25) is 0 Å². The molecule has 1 aliphatic carbocycles.